The van der Waals surface area contributed by atoms with Gasteiger partial charge in [-0.1, -0.05) is 36.4 Å². The Hall–Kier alpha value is -3.15. The smallest absolute Gasteiger partial charge is 0.258 e. The molecule has 0 radical (unpaired) electrons. The van der Waals surface area contributed by atoms with E-state index in [4.69, 9.17) is 4.74 Å². The van der Waals surface area contributed by atoms with E-state index in [1.165, 1.54) is 6.07 Å². The fourth-order valence-electron chi connectivity index (χ4n) is 3.01. The summed E-state index contributed by atoms with van der Waals surface area (Å²) >= 11 is 0. The number of hydrogen-bond donors (Lipinski definition) is 1. The minimum Gasteiger partial charge on any atom is -0.483 e. The van der Waals surface area contributed by atoms with Gasteiger partial charge in [0.1, 0.15) is 23.4 Å². The predicted octanol–water partition coefficient (Wildman–Crippen LogP) is 3.46. The van der Waals surface area contributed by atoms with Gasteiger partial charge in [-0.15, -0.1) is 0 Å². The van der Waals surface area contributed by atoms with E-state index in [1.54, 1.807) is 42.2 Å². The fraction of sp³-hybridized carbons (Fsp3) is 0.238. The lowest BCUT2D eigenvalue weighted by Crippen LogP contribution is -2.35. The second-order valence-electron chi connectivity index (χ2n) is 6.43. The number of ether oxygens (including phenoxy) is 1. The summed E-state index contributed by atoms with van der Waals surface area (Å²) < 4.78 is 21.8. The summed E-state index contributed by atoms with van der Waals surface area (Å²) in [5.74, 6) is 0.475. The van der Waals surface area contributed by atoms with Gasteiger partial charge in [0.2, 0.25) is 0 Å². The average Bonchev–Trinajstić information content (AvgIpc) is 3.06. The minimum atomic E-state index is -0.708. The van der Waals surface area contributed by atoms with Crippen molar-refractivity contribution in [2.45, 2.75) is 19.9 Å². The van der Waals surface area contributed by atoms with Crippen LogP contribution >= 0.6 is 0 Å². The molecule has 1 amide bonds. The highest BCUT2D eigenvalue weighted by Crippen LogP contribution is 2.24. The Morgan fingerprint density at radius 2 is 1.89 bits per heavy atom. The molecule has 5 nitrogen and oxygen atoms in total. The minimum absolute atomic E-state index is 0.166. The number of imidazole rings is 1. The number of nitrogens with zero attached hydrogens (tertiary/aromatic N) is 2. The zero-order valence-electron chi connectivity index (χ0n) is 15.6. The number of halogens is 1. The van der Waals surface area contributed by atoms with Crippen molar-refractivity contribution in [1.29, 1.82) is 0 Å². The van der Waals surface area contributed by atoms with Crippen LogP contribution < -0.4 is 10.1 Å². The third kappa shape index (κ3) is 4.16. The Balaban J connectivity index is 1.79. The summed E-state index contributed by atoms with van der Waals surface area (Å²) in [6.07, 6.45) is 3.37. The summed E-state index contributed by atoms with van der Waals surface area (Å²) in [4.78, 5) is 16.8. The Bertz CT molecular complexity index is 932. The molecule has 140 valence electrons. The molecule has 1 heterocycles. The Kier molecular flexibility index (Phi) is 5.54. The number of carbonyl (C=O) groups excluding carboxylic acids is 1. The van der Waals surface area contributed by atoms with Gasteiger partial charge >= 0.3 is 0 Å². The summed E-state index contributed by atoms with van der Waals surface area (Å²) in [6, 6.07) is 11.4. The molecule has 1 unspecified atom stereocenters. The van der Waals surface area contributed by atoms with Gasteiger partial charge in [-0.3, -0.25) is 4.79 Å². The first-order valence-corrected chi connectivity index (χ1v) is 8.67. The van der Waals surface area contributed by atoms with E-state index in [-0.39, 0.29) is 12.5 Å². The second kappa shape index (κ2) is 8.03. The molecule has 1 aromatic heterocycles. The maximum absolute atomic E-state index is 14.4. The lowest BCUT2D eigenvalue weighted by atomic mass is 10.1. The Morgan fingerprint density at radius 1 is 1.19 bits per heavy atom. The molecule has 6 heteroatoms. The molecule has 0 spiro atoms. The van der Waals surface area contributed by atoms with Gasteiger partial charge in [-0.25, -0.2) is 9.37 Å². The van der Waals surface area contributed by atoms with E-state index in [0.29, 0.717) is 17.1 Å². The van der Waals surface area contributed by atoms with E-state index < -0.39 is 11.9 Å². The summed E-state index contributed by atoms with van der Waals surface area (Å²) in [5.41, 5.74) is 2.27. The van der Waals surface area contributed by atoms with Crippen molar-refractivity contribution in [1.82, 2.24) is 14.9 Å². The van der Waals surface area contributed by atoms with Crippen LogP contribution in [0.3, 0.4) is 0 Å². The number of hydrogen-bond acceptors (Lipinski definition) is 3. The van der Waals surface area contributed by atoms with Gasteiger partial charge in [0, 0.05) is 25.0 Å². The van der Waals surface area contributed by atoms with Crippen molar-refractivity contribution in [3.05, 3.63) is 83.2 Å². The molecule has 0 bridgehead atoms. The fourth-order valence-corrected chi connectivity index (χ4v) is 3.01. The molecule has 1 N–H and O–H groups in total. The van der Waals surface area contributed by atoms with Gasteiger partial charge < -0.3 is 14.6 Å². The average molecular weight is 367 g/mol. The van der Waals surface area contributed by atoms with E-state index in [2.05, 4.69) is 10.3 Å². The second-order valence-corrected chi connectivity index (χ2v) is 6.43. The van der Waals surface area contributed by atoms with Crippen molar-refractivity contribution in [3.8, 4) is 5.75 Å². The van der Waals surface area contributed by atoms with Crippen LogP contribution in [-0.2, 0) is 11.8 Å². The molecule has 0 aliphatic carbocycles. The van der Waals surface area contributed by atoms with Crippen LogP contribution in [0.25, 0.3) is 0 Å². The van der Waals surface area contributed by atoms with Gasteiger partial charge in [0.25, 0.3) is 5.91 Å². The van der Waals surface area contributed by atoms with Crippen molar-refractivity contribution < 1.29 is 13.9 Å². The first-order chi connectivity index (χ1) is 13.0. The monoisotopic (exact) mass is 367 g/mol. The molecule has 0 fully saturated rings. The van der Waals surface area contributed by atoms with Gasteiger partial charge in [0.05, 0.1) is 0 Å². The van der Waals surface area contributed by atoms with E-state index >= 15 is 0 Å². The Morgan fingerprint density at radius 3 is 2.52 bits per heavy atom. The first-order valence-electron chi connectivity index (χ1n) is 8.67. The number of nitrogens with one attached hydrogen (secondary N) is 1. The first kappa shape index (κ1) is 18.6. The third-order valence-corrected chi connectivity index (χ3v) is 4.39. The van der Waals surface area contributed by atoms with Crippen LogP contribution in [0.1, 0.15) is 28.6 Å². The topological polar surface area (TPSA) is 56.1 Å². The number of amides is 1. The van der Waals surface area contributed by atoms with Crippen LogP contribution in [0.4, 0.5) is 4.39 Å². The highest BCUT2D eigenvalue weighted by molar-refractivity contribution is 5.78. The zero-order valence-corrected chi connectivity index (χ0v) is 15.6. The van der Waals surface area contributed by atoms with E-state index in [9.17, 15) is 9.18 Å². The van der Waals surface area contributed by atoms with Gasteiger partial charge in [-0.05, 0) is 31.0 Å². The number of carbonyl (C=O) groups is 1. The number of aromatic nitrogens is 2. The number of benzene rings is 2. The molecular formula is C21H22FN3O2. The molecule has 3 rings (SSSR count). The molecule has 0 aliphatic heterocycles. The highest BCUT2D eigenvalue weighted by atomic mass is 19.1. The lowest BCUT2D eigenvalue weighted by molar-refractivity contribution is -0.123. The lowest BCUT2D eigenvalue weighted by Gasteiger charge is -2.20. The van der Waals surface area contributed by atoms with E-state index in [0.717, 1.165) is 11.1 Å². The largest absolute Gasteiger partial charge is 0.483 e. The molecule has 0 aliphatic rings. The number of para-hydroxylation sites is 1. The summed E-state index contributed by atoms with van der Waals surface area (Å²) in [7, 11) is 1.80. The zero-order chi connectivity index (χ0) is 19.4. The van der Waals surface area contributed by atoms with Crippen LogP contribution in [0.15, 0.2) is 54.9 Å². The molecule has 0 saturated carbocycles. The van der Waals surface area contributed by atoms with Crippen LogP contribution in [-0.4, -0.2) is 22.1 Å². The van der Waals surface area contributed by atoms with Crippen molar-refractivity contribution >= 4 is 5.91 Å². The SMILES string of the molecule is Cc1cccc(C)c1OCC(=O)NC(c1ccccc1F)c1nccn1C. The van der Waals surface area contributed by atoms with Crippen LogP contribution in [0, 0.1) is 19.7 Å². The maximum Gasteiger partial charge on any atom is 0.258 e. The summed E-state index contributed by atoms with van der Waals surface area (Å²) in [6.45, 7) is 3.69. The van der Waals surface area contributed by atoms with Gasteiger partial charge in [0.15, 0.2) is 6.61 Å². The van der Waals surface area contributed by atoms with E-state index in [1.807, 2.05) is 32.0 Å². The normalized spacial score (nSPS) is 11.9. The molecule has 27 heavy (non-hydrogen) atoms. The predicted molar refractivity (Wildman–Crippen MR) is 101 cm³/mol. The van der Waals surface area contributed by atoms with Crippen LogP contribution in [0.2, 0.25) is 0 Å². The Labute approximate surface area is 157 Å². The quantitative estimate of drug-likeness (QED) is 0.726. The molecule has 1 atom stereocenters. The standard InChI is InChI=1S/C21H22FN3O2/c1-14-7-6-8-15(2)20(14)27-13-18(26)24-19(21-23-11-12-25(21)3)16-9-4-5-10-17(16)22/h4-12,19H,13H2,1-3H3,(H,24,26). The third-order valence-electron chi connectivity index (χ3n) is 4.39. The summed E-state index contributed by atoms with van der Waals surface area (Å²) in [5, 5.41) is 2.84. The van der Waals surface area contributed by atoms with Crippen molar-refractivity contribution in [3.63, 3.8) is 0 Å². The molecule has 3 aromatic rings. The molecule has 0 saturated heterocycles. The van der Waals surface area contributed by atoms with Gasteiger partial charge in [-0.2, -0.15) is 0 Å². The molecule has 2 aromatic carbocycles. The van der Waals surface area contributed by atoms with Crippen molar-refractivity contribution in [2.24, 2.45) is 7.05 Å². The number of rotatable bonds is 6. The number of aryl methyl sites for hydroxylation is 3. The van der Waals surface area contributed by atoms with Crippen molar-refractivity contribution in [2.75, 3.05) is 6.61 Å². The molecular weight excluding hydrogens is 345 g/mol. The maximum atomic E-state index is 14.4. The highest BCUT2D eigenvalue weighted by Gasteiger charge is 2.23. The van der Waals surface area contributed by atoms with Crippen LogP contribution in [0.5, 0.6) is 5.75 Å².